The zero-order chi connectivity index (χ0) is 19.1. The standard InChI is InChI=1S/C17H31NO6S/c1-3-4-5-6-7-8-9-10-14-24-17(20)12-11-16(19)18(2)13-15-25(21,22)23/h11-12H,3-10,13-15H2,1-2H3,(H,21,22,23)/b12-11+. The molecule has 0 spiro atoms. The summed E-state index contributed by atoms with van der Waals surface area (Å²) in [5, 5.41) is 0. The molecule has 0 aliphatic carbocycles. The highest BCUT2D eigenvalue weighted by Crippen LogP contribution is 2.08. The zero-order valence-corrected chi connectivity index (χ0v) is 16.1. The van der Waals surface area contributed by atoms with Crippen molar-refractivity contribution in [2.24, 2.45) is 0 Å². The lowest BCUT2D eigenvalue weighted by molar-refractivity contribution is -0.138. The monoisotopic (exact) mass is 377 g/mol. The Balaban J connectivity index is 3.76. The van der Waals surface area contributed by atoms with Gasteiger partial charge < -0.3 is 9.64 Å². The molecule has 0 radical (unpaired) electrons. The van der Waals surface area contributed by atoms with Crippen LogP contribution >= 0.6 is 0 Å². The van der Waals surface area contributed by atoms with Gasteiger partial charge >= 0.3 is 5.97 Å². The van der Waals surface area contributed by atoms with Gasteiger partial charge in [0.25, 0.3) is 10.1 Å². The summed E-state index contributed by atoms with van der Waals surface area (Å²) in [5.41, 5.74) is 0. The van der Waals surface area contributed by atoms with Crippen molar-refractivity contribution in [2.45, 2.75) is 58.3 Å². The molecule has 0 fully saturated rings. The summed E-state index contributed by atoms with van der Waals surface area (Å²) in [6, 6.07) is 0. The van der Waals surface area contributed by atoms with Gasteiger partial charge in [0.2, 0.25) is 5.91 Å². The van der Waals surface area contributed by atoms with E-state index >= 15 is 0 Å². The number of esters is 1. The number of unbranched alkanes of at least 4 members (excludes halogenated alkanes) is 7. The molecular formula is C17H31NO6S. The van der Waals surface area contributed by atoms with Gasteiger partial charge in [-0.3, -0.25) is 9.35 Å². The van der Waals surface area contributed by atoms with E-state index in [9.17, 15) is 18.0 Å². The third-order valence-electron chi connectivity index (χ3n) is 3.67. The molecule has 0 aromatic heterocycles. The number of ether oxygens (including phenoxy) is 1. The molecule has 0 aromatic rings. The minimum Gasteiger partial charge on any atom is -0.463 e. The lowest BCUT2D eigenvalue weighted by Gasteiger charge is -2.13. The molecule has 0 aliphatic heterocycles. The number of amides is 1. The fourth-order valence-corrected chi connectivity index (χ4v) is 2.59. The van der Waals surface area contributed by atoms with E-state index in [4.69, 9.17) is 9.29 Å². The van der Waals surface area contributed by atoms with Gasteiger partial charge in [-0.05, 0) is 6.42 Å². The van der Waals surface area contributed by atoms with E-state index in [0.717, 1.165) is 36.3 Å². The van der Waals surface area contributed by atoms with Crippen LogP contribution in [0.4, 0.5) is 0 Å². The third-order valence-corrected chi connectivity index (χ3v) is 4.36. The molecule has 8 heteroatoms. The van der Waals surface area contributed by atoms with Gasteiger partial charge in [-0.25, -0.2) is 4.79 Å². The van der Waals surface area contributed by atoms with Gasteiger partial charge in [0.15, 0.2) is 0 Å². The molecule has 7 nitrogen and oxygen atoms in total. The van der Waals surface area contributed by atoms with Crippen molar-refractivity contribution in [3.05, 3.63) is 12.2 Å². The zero-order valence-electron chi connectivity index (χ0n) is 15.3. The average Bonchev–Trinajstić information content (AvgIpc) is 2.55. The molecule has 1 N–H and O–H groups in total. The van der Waals surface area contributed by atoms with Crippen LogP contribution in [0.5, 0.6) is 0 Å². The van der Waals surface area contributed by atoms with Gasteiger partial charge in [0, 0.05) is 25.7 Å². The Kier molecular flexibility index (Phi) is 13.1. The predicted octanol–water partition coefficient (Wildman–Crippen LogP) is 2.57. The van der Waals surface area contributed by atoms with Gasteiger partial charge in [-0.2, -0.15) is 8.42 Å². The molecule has 25 heavy (non-hydrogen) atoms. The van der Waals surface area contributed by atoms with Crippen LogP contribution < -0.4 is 0 Å². The molecule has 0 aromatic carbocycles. The smallest absolute Gasteiger partial charge is 0.330 e. The third kappa shape index (κ3) is 15.8. The summed E-state index contributed by atoms with van der Waals surface area (Å²) >= 11 is 0. The molecule has 0 heterocycles. The second-order valence-electron chi connectivity index (χ2n) is 6.02. The number of carbonyl (C=O) groups excluding carboxylic acids is 2. The Hall–Kier alpha value is -1.41. The van der Waals surface area contributed by atoms with Crippen LogP contribution in [0.3, 0.4) is 0 Å². The first-order valence-electron chi connectivity index (χ1n) is 8.81. The fourth-order valence-electron chi connectivity index (χ4n) is 2.09. The first-order valence-corrected chi connectivity index (χ1v) is 10.4. The summed E-state index contributed by atoms with van der Waals surface area (Å²) in [6.07, 6.45) is 11.3. The molecule has 0 unspecified atom stereocenters. The van der Waals surface area contributed by atoms with E-state index < -0.39 is 27.7 Å². The lowest BCUT2D eigenvalue weighted by Crippen LogP contribution is -2.30. The molecule has 0 atom stereocenters. The molecule has 146 valence electrons. The van der Waals surface area contributed by atoms with Crippen LogP contribution in [0, 0.1) is 0 Å². The molecule has 0 rings (SSSR count). The Labute approximate surface area is 151 Å². The van der Waals surface area contributed by atoms with Crippen LogP contribution in [0.1, 0.15) is 58.3 Å². The number of rotatable bonds is 14. The highest BCUT2D eigenvalue weighted by Gasteiger charge is 2.10. The minimum atomic E-state index is -4.12. The van der Waals surface area contributed by atoms with Crippen molar-refractivity contribution in [2.75, 3.05) is 26.0 Å². The summed E-state index contributed by atoms with van der Waals surface area (Å²) in [4.78, 5) is 24.2. The van der Waals surface area contributed by atoms with Gasteiger partial charge in [0.05, 0.1) is 12.4 Å². The fraction of sp³-hybridized carbons (Fsp3) is 0.765. The van der Waals surface area contributed by atoms with Gasteiger partial charge in [-0.15, -0.1) is 0 Å². The van der Waals surface area contributed by atoms with Crippen molar-refractivity contribution in [1.82, 2.24) is 4.90 Å². The highest BCUT2D eigenvalue weighted by atomic mass is 32.2. The Morgan fingerprint density at radius 2 is 1.56 bits per heavy atom. The SMILES string of the molecule is CCCCCCCCCCOC(=O)/C=C/C(=O)N(C)CCS(=O)(=O)O. The van der Waals surface area contributed by atoms with Crippen LogP contribution in [-0.4, -0.2) is 55.7 Å². The second kappa shape index (κ2) is 13.8. The first-order chi connectivity index (χ1) is 11.8. The maximum absolute atomic E-state index is 11.6. The van der Waals surface area contributed by atoms with Crippen LogP contribution in [0.2, 0.25) is 0 Å². The quantitative estimate of drug-likeness (QED) is 0.216. The maximum atomic E-state index is 11.6. The largest absolute Gasteiger partial charge is 0.463 e. The van der Waals surface area contributed by atoms with Crippen molar-refractivity contribution in [1.29, 1.82) is 0 Å². The van der Waals surface area contributed by atoms with Crippen molar-refractivity contribution < 1.29 is 27.3 Å². The van der Waals surface area contributed by atoms with E-state index in [1.54, 1.807) is 0 Å². The van der Waals surface area contributed by atoms with E-state index in [2.05, 4.69) is 6.92 Å². The van der Waals surface area contributed by atoms with E-state index in [0.29, 0.717) is 6.61 Å². The number of hydrogen-bond donors (Lipinski definition) is 1. The van der Waals surface area contributed by atoms with Gasteiger partial charge in [0.1, 0.15) is 0 Å². The van der Waals surface area contributed by atoms with Crippen molar-refractivity contribution in [3.8, 4) is 0 Å². The number of hydrogen-bond acceptors (Lipinski definition) is 5. The Morgan fingerprint density at radius 1 is 1.00 bits per heavy atom. The highest BCUT2D eigenvalue weighted by molar-refractivity contribution is 7.85. The molecular weight excluding hydrogens is 346 g/mol. The van der Waals surface area contributed by atoms with E-state index in [1.807, 2.05) is 0 Å². The summed E-state index contributed by atoms with van der Waals surface area (Å²) in [6.45, 7) is 2.36. The molecule has 0 saturated carbocycles. The molecule has 1 amide bonds. The Bertz CT molecular complexity index is 515. The summed E-state index contributed by atoms with van der Waals surface area (Å²) < 4.78 is 34.8. The summed E-state index contributed by atoms with van der Waals surface area (Å²) in [7, 11) is -2.74. The van der Waals surface area contributed by atoms with Crippen LogP contribution in [-0.2, 0) is 24.4 Å². The maximum Gasteiger partial charge on any atom is 0.330 e. The van der Waals surface area contributed by atoms with Crippen molar-refractivity contribution in [3.63, 3.8) is 0 Å². The van der Waals surface area contributed by atoms with Crippen LogP contribution in [0.15, 0.2) is 12.2 Å². The van der Waals surface area contributed by atoms with E-state index in [-0.39, 0.29) is 6.54 Å². The first kappa shape index (κ1) is 23.6. The minimum absolute atomic E-state index is 0.157. The number of nitrogens with zero attached hydrogens (tertiary/aromatic N) is 1. The summed E-state index contributed by atoms with van der Waals surface area (Å²) in [5.74, 6) is -1.68. The molecule has 0 bridgehead atoms. The van der Waals surface area contributed by atoms with E-state index in [1.165, 1.54) is 39.2 Å². The molecule has 0 saturated heterocycles. The van der Waals surface area contributed by atoms with Gasteiger partial charge in [-0.1, -0.05) is 51.9 Å². The van der Waals surface area contributed by atoms with Crippen molar-refractivity contribution >= 4 is 22.0 Å². The average molecular weight is 378 g/mol. The number of carbonyl (C=O) groups is 2. The Morgan fingerprint density at radius 3 is 2.12 bits per heavy atom. The molecule has 0 aliphatic rings. The lowest BCUT2D eigenvalue weighted by atomic mass is 10.1. The second-order valence-corrected chi connectivity index (χ2v) is 7.59. The topological polar surface area (TPSA) is 101 Å². The normalized spacial score (nSPS) is 11.6. The van der Waals surface area contributed by atoms with Crippen LogP contribution in [0.25, 0.3) is 0 Å². The number of likely N-dealkylation sites (N-methyl/N-ethyl adjacent to an activating group) is 1. The predicted molar refractivity (Wildman–Crippen MR) is 96.8 cm³/mol.